The van der Waals surface area contributed by atoms with Gasteiger partial charge in [-0.1, -0.05) is 13.8 Å². The third kappa shape index (κ3) is 5.76. The highest BCUT2D eigenvalue weighted by atomic mass is 32.2. The first kappa shape index (κ1) is 17.4. The zero-order valence-corrected chi connectivity index (χ0v) is 13.3. The number of rotatable bonds is 8. The predicted molar refractivity (Wildman–Crippen MR) is 80.2 cm³/mol. The molecule has 7 heteroatoms. The van der Waals surface area contributed by atoms with Crippen LogP contribution < -0.4 is 11.1 Å². The minimum Gasteiger partial charge on any atom is -0.370 e. The van der Waals surface area contributed by atoms with Crippen molar-refractivity contribution < 1.29 is 13.2 Å². The maximum atomic E-state index is 11.9. The summed E-state index contributed by atoms with van der Waals surface area (Å²) >= 11 is 0. The normalized spacial score (nSPS) is 24.7. The van der Waals surface area contributed by atoms with Crippen molar-refractivity contribution in [3.63, 3.8) is 0 Å². The summed E-state index contributed by atoms with van der Waals surface area (Å²) < 4.78 is 23.7. The van der Waals surface area contributed by atoms with Crippen LogP contribution in [0.5, 0.6) is 0 Å². The number of amides is 1. The fourth-order valence-electron chi connectivity index (χ4n) is 2.49. The van der Waals surface area contributed by atoms with Crippen molar-refractivity contribution in [3.8, 4) is 0 Å². The summed E-state index contributed by atoms with van der Waals surface area (Å²) in [4.78, 5) is 12.9. The monoisotopic (exact) mass is 305 g/mol. The molecular formula is C13H27N3O3S. The Morgan fingerprint density at radius 3 is 2.55 bits per heavy atom. The summed E-state index contributed by atoms with van der Waals surface area (Å²) in [6, 6.07) is 0.829. The number of sulfone groups is 1. The molecule has 2 atom stereocenters. The Kier molecular flexibility index (Phi) is 6.91. The van der Waals surface area contributed by atoms with E-state index in [0.717, 1.165) is 25.9 Å². The highest BCUT2D eigenvalue weighted by molar-refractivity contribution is 7.91. The van der Waals surface area contributed by atoms with Crippen molar-refractivity contribution in [2.45, 2.75) is 45.2 Å². The smallest absolute Gasteiger partial charge is 0.218 e. The predicted octanol–water partition coefficient (Wildman–Crippen LogP) is -0.261. The van der Waals surface area contributed by atoms with Crippen molar-refractivity contribution in [3.05, 3.63) is 0 Å². The third-order valence-electron chi connectivity index (χ3n) is 3.93. The van der Waals surface area contributed by atoms with E-state index >= 15 is 0 Å². The minimum atomic E-state index is -3.19. The van der Waals surface area contributed by atoms with Crippen molar-refractivity contribution in [2.24, 2.45) is 5.73 Å². The van der Waals surface area contributed by atoms with Gasteiger partial charge in [-0.25, -0.2) is 8.42 Å². The molecule has 20 heavy (non-hydrogen) atoms. The van der Waals surface area contributed by atoms with E-state index in [0.29, 0.717) is 18.6 Å². The molecule has 118 valence electrons. The lowest BCUT2D eigenvalue weighted by atomic mass is 10.1. The van der Waals surface area contributed by atoms with Crippen LogP contribution in [0.1, 0.15) is 33.1 Å². The first-order chi connectivity index (χ1) is 9.38. The van der Waals surface area contributed by atoms with E-state index in [9.17, 15) is 13.2 Å². The van der Waals surface area contributed by atoms with Crippen molar-refractivity contribution >= 4 is 15.7 Å². The van der Waals surface area contributed by atoms with Gasteiger partial charge >= 0.3 is 0 Å². The lowest BCUT2D eigenvalue weighted by Crippen LogP contribution is -2.56. The highest BCUT2D eigenvalue weighted by Crippen LogP contribution is 2.12. The molecule has 6 nitrogen and oxygen atoms in total. The van der Waals surface area contributed by atoms with E-state index in [4.69, 9.17) is 5.73 Å². The lowest BCUT2D eigenvalue weighted by molar-refractivity contribution is -0.117. The number of carbonyl (C=O) groups excluding carboxylic acids is 1. The Bertz CT molecular complexity index is 411. The third-order valence-corrected chi connectivity index (χ3v) is 5.56. The molecule has 0 aromatic heterocycles. The number of nitrogens with one attached hydrogen (secondary N) is 1. The molecule has 1 rings (SSSR count). The van der Waals surface area contributed by atoms with Gasteiger partial charge in [0.25, 0.3) is 0 Å². The molecule has 0 spiro atoms. The van der Waals surface area contributed by atoms with Gasteiger partial charge in [0, 0.05) is 38.1 Å². The average molecular weight is 305 g/mol. The Morgan fingerprint density at radius 1 is 1.30 bits per heavy atom. The van der Waals surface area contributed by atoms with Gasteiger partial charge in [-0.05, 0) is 12.8 Å². The van der Waals surface area contributed by atoms with E-state index in [1.54, 1.807) is 0 Å². The van der Waals surface area contributed by atoms with E-state index in [2.05, 4.69) is 24.1 Å². The molecule has 3 N–H and O–H groups in total. The molecule has 0 bridgehead atoms. The Hall–Kier alpha value is -0.660. The van der Waals surface area contributed by atoms with Crippen molar-refractivity contribution in [1.82, 2.24) is 10.2 Å². The van der Waals surface area contributed by atoms with Gasteiger partial charge < -0.3 is 11.1 Å². The fraction of sp³-hybridized carbons (Fsp3) is 0.923. The number of hydrogen-bond acceptors (Lipinski definition) is 5. The molecule has 2 unspecified atom stereocenters. The number of carbonyl (C=O) groups is 1. The lowest BCUT2D eigenvalue weighted by Gasteiger charge is -2.39. The number of piperazine rings is 1. The largest absolute Gasteiger partial charge is 0.370 e. The molecule has 1 fully saturated rings. The van der Waals surface area contributed by atoms with Gasteiger partial charge in [-0.2, -0.15) is 0 Å². The summed E-state index contributed by atoms with van der Waals surface area (Å²) in [5.74, 6) is -0.594. The zero-order valence-electron chi connectivity index (χ0n) is 12.5. The van der Waals surface area contributed by atoms with Crippen LogP contribution in [0, 0.1) is 0 Å². The Balaban J connectivity index is 2.50. The zero-order chi connectivity index (χ0) is 15.2. The molecule has 1 saturated heterocycles. The summed E-state index contributed by atoms with van der Waals surface area (Å²) in [5, 5.41) is 3.48. The summed E-state index contributed by atoms with van der Waals surface area (Å²) in [6.45, 7) is 6.59. The number of primary amides is 1. The maximum absolute atomic E-state index is 11.9. The van der Waals surface area contributed by atoms with Crippen LogP contribution in [-0.4, -0.2) is 62.4 Å². The number of nitrogens with two attached hydrogens (primary N) is 1. The molecule has 1 aliphatic rings. The van der Waals surface area contributed by atoms with Gasteiger partial charge in [-0.3, -0.25) is 9.69 Å². The highest BCUT2D eigenvalue weighted by Gasteiger charge is 2.26. The molecule has 0 aromatic carbocycles. The van der Waals surface area contributed by atoms with Crippen LogP contribution >= 0.6 is 0 Å². The first-order valence-electron chi connectivity index (χ1n) is 7.34. The van der Waals surface area contributed by atoms with Crippen molar-refractivity contribution in [1.29, 1.82) is 0 Å². The maximum Gasteiger partial charge on any atom is 0.218 e. The van der Waals surface area contributed by atoms with Crippen LogP contribution in [0.3, 0.4) is 0 Å². The molecular weight excluding hydrogens is 278 g/mol. The molecule has 0 aliphatic carbocycles. The van der Waals surface area contributed by atoms with Crippen LogP contribution in [0.4, 0.5) is 0 Å². The van der Waals surface area contributed by atoms with E-state index in [1.807, 2.05) is 0 Å². The van der Waals surface area contributed by atoms with E-state index < -0.39 is 15.7 Å². The van der Waals surface area contributed by atoms with Crippen LogP contribution in [-0.2, 0) is 14.6 Å². The summed E-state index contributed by atoms with van der Waals surface area (Å²) in [6.07, 6.45) is 1.96. The van der Waals surface area contributed by atoms with Gasteiger partial charge in [-0.15, -0.1) is 0 Å². The Morgan fingerprint density at radius 2 is 2.00 bits per heavy atom. The van der Waals surface area contributed by atoms with Gasteiger partial charge in [0.1, 0.15) is 0 Å². The molecule has 1 amide bonds. The molecule has 0 radical (unpaired) electrons. The fourth-order valence-corrected chi connectivity index (χ4v) is 3.72. The van der Waals surface area contributed by atoms with Gasteiger partial charge in [0.2, 0.25) is 5.91 Å². The Labute approximate surface area is 122 Å². The number of hydrogen-bond donors (Lipinski definition) is 2. The minimum absolute atomic E-state index is 0.0846. The average Bonchev–Trinajstić information content (AvgIpc) is 2.43. The van der Waals surface area contributed by atoms with Crippen molar-refractivity contribution in [2.75, 3.05) is 31.1 Å². The van der Waals surface area contributed by atoms with Crippen LogP contribution in [0.2, 0.25) is 0 Å². The second kappa shape index (κ2) is 7.95. The standard InChI is InChI=1S/C13H27N3O3S/c1-3-11-10-16(12(4-2)9-15-11)6-8-20(18,19)7-5-13(14)17/h11-12,15H,3-10H2,1-2H3,(H2,14,17). The van der Waals surface area contributed by atoms with Gasteiger partial charge in [0.05, 0.1) is 11.5 Å². The van der Waals surface area contributed by atoms with E-state index in [1.165, 1.54) is 0 Å². The molecule has 0 saturated carbocycles. The second-order valence-corrected chi connectivity index (χ2v) is 7.74. The van der Waals surface area contributed by atoms with Gasteiger partial charge in [0.15, 0.2) is 9.84 Å². The summed E-state index contributed by atoms with van der Waals surface area (Å²) in [5.41, 5.74) is 5.00. The van der Waals surface area contributed by atoms with E-state index in [-0.39, 0.29) is 17.9 Å². The van der Waals surface area contributed by atoms with Crippen LogP contribution in [0.25, 0.3) is 0 Å². The summed E-state index contributed by atoms with van der Waals surface area (Å²) in [7, 11) is -3.19. The number of nitrogens with zero attached hydrogens (tertiary/aromatic N) is 1. The second-order valence-electron chi connectivity index (χ2n) is 5.44. The topological polar surface area (TPSA) is 92.5 Å². The molecule has 0 aromatic rings. The quantitative estimate of drug-likeness (QED) is 0.644. The first-order valence-corrected chi connectivity index (χ1v) is 9.16. The van der Waals surface area contributed by atoms with Crippen LogP contribution in [0.15, 0.2) is 0 Å². The SMILES string of the molecule is CCC1CN(CCS(=O)(=O)CCC(N)=O)C(CC)CN1. The molecule has 1 aliphatic heterocycles. The molecule has 1 heterocycles.